The smallest absolute Gasteiger partial charge is 0.332 e. The fraction of sp³-hybridized carbons (Fsp3) is 0.167. The number of rotatable bonds is 3. The highest BCUT2D eigenvalue weighted by Gasteiger charge is 2.03. The number of aromatic nitrogens is 1. The summed E-state index contributed by atoms with van der Waals surface area (Å²) in [7, 11) is -3.27. The lowest BCUT2D eigenvalue weighted by Crippen LogP contribution is -2.20. The van der Waals surface area contributed by atoms with Crippen molar-refractivity contribution >= 4 is 23.1 Å². The van der Waals surface area contributed by atoms with Gasteiger partial charge in [-0.1, -0.05) is 0 Å². The topological polar surface area (TPSA) is 56.3 Å². The zero-order chi connectivity index (χ0) is 9.03. The van der Waals surface area contributed by atoms with Gasteiger partial charge in [0.15, 0.2) is 0 Å². The highest BCUT2D eigenvalue weighted by atomic mass is 32.2. The predicted molar refractivity (Wildman–Crippen MR) is 46.9 cm³/mol. The van der Waals surface area contributed by atoms with Gasteiger partial charge in [-0.25, -0.2) is 8.42 Å². The van der Waals surface area contributed by atoms with Crippen LogP contribution in [0.4, 0.5) is 0 Å². The van der Waals surface area contributed by atoms with Crippen molar-refractivity contribution < 1.29 is 12.5 Å². The monoisotopic (exact) mass is 185 g/mol. The Balaban J connectivity index is 2.56. The van der Waals surface area contributed by atoms with E-state index in [1.165, 1.54) is 0 Å². The summed E-state index contributed by atoms with van der Waals surface area (Å²) in [4.78, 5) is 3.78. The highest BCUT2D eigenvalue weighted by Crippen LogP contribution is 1.84. The van der Waals surface area contributed by atoms with Crippen LogP contribution in [-0.4, -0.2) is 27.1 Å². The van der Waals surface area contributed by atoms with Crippen LogP contribution in [0.3, 0.4) is 0 Å². The summed E-state index contributed by atoms with van der Waals surface area (Å²) in [6.45, 7) is 0. The van der Waals surface area contributed by atoms with Gasteiger partial charge in [0.1, 0.15) is 0 Å². The molecule has 0 aromatic carbocycles. The molecule has 0 N–H and O–H groups in total. The summed E-state index contributed by atoms with van der Waals surface area (Å²) in [5.41, 5.74) is 0.787. The molecule has 0 fully saturated rings. The van der Waals surface area contributed by atoms with Crippen molar-refractivity contribution in [3.63, 3.8) is 0 Å². The summed E-state index contributed by atoms with van der Waals surface area (Å²) < 4.78 is 25.7. The Morgan fingerprint density at radius 3 is 2.50 bits per heavy atom. The summed E-state index contributed by atoms with van der Waals surface area (Å²) >= 11 is 0. The van der Waals surface area contributed by atoms with Crippen LogP contribution in [0.5, 0.6) is 0 Å². The molecule has 6 heteroatoms. The molecular weight excluding hydrogens is 177 g/mol. The van der Waals surface area contributed by atoms with Gasteiger partial charge in [0.2, 0.25) is 0 Å². The Hall–Kier alpha value is -0.875. The molecule has 1 heterocycles. The zero-order valence-electron chi connectivity index (χ0n) is 6.60. The Labute approximate surface area is 72.0 Å². The second-order valence-electron chi connectivity index (χ2n) is 2.32. The number of hydrogen-bond donors (Lipinski definition) is 0. The molecule has 0 bridgehead atoms. The molecule has 0 aliphatic rings. The molecule has 1 aromatic heterocycles. The predicted octanol–water partition coefficient (Wildman–Crippen LogP) is -0.965. The normalized spacial score (nSPS) is 11.1. The summed E-state index contributed by atoms with van der Waals surface area (Å²) in [5, 5.41) is 0. The third-order valence-electron chi connectivity index (χ3n) is 1.19. The standard InChI is InChI=1S/C6H8BNO3S/c1-12(9,10)11-7-6-2-4-8-5-3-6/h2-5,7H,1H3. The maximum Gasteiger partial charge on any atom is 0.333 e. The molecule has 0 unspecified atom stereocenters. The van der Waals surface area contributed by atoms with E-state index in [-0.39, 0.29) is 7.48 Å². The van der Waals surface area contributed by atoms with Crippen molar-refractivity contribution in [1.29, 1.82) is 0 Å². The minimum absolute atomic E-state index is 0.0708. The lowest BCUT2D eigenvalue weighted by Gasteiger charge is -1.97. The van der Waals surface area contributed by atoms with Crippen LogP contribution in [0.25, 0.3) is 0 Å². The lowest BCUT2D eigenvalue weighted by molar-refractivity contribution is 0.511. The molecule has 0 atom stereocenters. The second kappa shape index (κ2) is 3.69. The van der Waals surface area contributed by atoms with Gasteiger partial charge in [-0.05, 0) is 17.6 Å². The fourth-order valence-electron chi connectivity index (χ4n) is 0.654. The summed E-state index contributed by atoms with van der Waals surface area (Å²) in [5.74, 6) is 0. The quantitative estimate of drug-likeness (QED) is 0.568. The molecule has 0 aliphatic carbocycles. The molecule has 0 saturated heterocycles. The molecular formula is C6H8BNO3S. The van der Waals surface area contributed by atoms with Crippen molar-refractivity contribution in [2.24, 2.45) is 0 Å². The average Bonchev–Trinajstić information content (AvgIpc) is 2.02. The van der Waals surface area contributed by atoms with E-state index in [1.807, 2.05) is 0 Å². The SMILES string of the molecule is CS(=O)(=O)OBc1ccncc1. The van der Waals surface area contributed by atoms with Crippen LogP contribution in [0.2, 0.25) is 0 Å². The van der Waals surface area contributed by atoms with Gasteiger partial charge < -0.3 is 4.10 Å². The zero-order valence-corrected chi connectivity index (χ0v) is 7.41. The third-order valence-corrected chi connectivity index (χ3v) is 1.74. The second-order valence-corrected chi connectivity index (χ2v) is 3.97. The molecule has 0 spiro atoms. The van der Waals surface area contributed by atoms with Gasteiger partial charge in [-0.3, -0.25) is 4.98 Å². The Morgan fingerprint density at radius 2 is 2.00 bits per heavy atom. The molecule has 0 aliphatic heterocycles. The molecule has 1 rings (SSSR count). The third kappa shape index (κ3) is 3.50. The van der Waals surface area contributed by atoms with Crippen molar-refractivity contribution in [3.05, 3.63) is 24.5 Å². The summed E-state index contributed by atoms with van der Waals surface area (Å²) in [6, 6.07) is 3.40. The van der Waals surface area contributed by atoms with E-state index in [0.717, 1.165) is 11.7 Å². The highest BCUT2D eigenvalue weighted by molar-refractivity contribution is 7.86. The van der Waals surface area contributed by atoms with Gasteiger partial charge in [-0.15, -0.1) is 0 Å². The van der Waals surface area contributed by atoms with E-state index < -0.39 is 10.1 Å². The first kappa shape index (κ1) is 9.21. The van der Waals surface area contributed by atoms with E-state index in [0.29, 0.717) is 0 Å². The minimum Gasteiger partial charge on any atom is -0.332 e. The number of nitrogens with zero attached hydrogens (tertiary/aromatic N) is 1. The molecule has 0 saturated carbocycles. The first-order valence-electron chi connectivity index (χ1n) is 3.31. The largest absolute Gasteiger partial charge is 0.333 e. The first-order valence-corrected chi connectivity index (χ1v) is 5.13. The van der Waals surface area contributed by atoms with E-state index in [2.05, 4.69) is 9.08 Å². The average molecular weight is 185 g/mol. The van der Waals surface area contributed by atoms with Crippen LogP contribution in [-0.2, 0) is 14.2 Å². The van der Waals surface area contributed by atoms with Crippen molar-refractivity contribution in [3.8, 4) is 0 Å². The minimum atomic E-state index is -3.34. The van der Waals surface area contributed by atoms with Crippen molar-refractivity contribution in [2.75, 3.05) is 6.26 Å². The van der Waals surface area contributed by atoms with Crippen LogP contribution >= 0.6 is 0 Å². The fourth-order valence-corrected chi connectivity index (χ4v) is 1.00. The van der Waals surface area contributed by atoms with Crippen LogP contribution in [0.15, 0.2) is 24.5 Å². The maximum absolute atomic E-state index is 10.6. The van der Waals surface area contributed by atoms with E-state index >= 15 is 0 Å². The molecule has 4 nitrogen and oxygen atoms in total. The Kier molecular flexibility index (Phi) is 2.83. The van der Waals surface area contributed by atoms with E-state index in [4.69, 9.17) is 0 Å². The van der Waals surface area contributed by atoms with Crippen LogP contribution in [0, 0.1) is 0 Å². The molecule has 0 amide bonds. The van der Waals surface area contributed by atoms with Gasteiger partial charge in [-0.2, -0.15) is 0 Å². The summed E-state index contributed by atoms with van der Waals surface area (Å²) in [6.07, 6.45) is 4.19. The maximum atomic E-state index is 10.6. The molecule has 12 heavy (non-hydrogen) atoms. The van der Waals surface area contributed by atoms with Gasteiger partial charge in [0.25, 0.3) is 10.1 Å². The van der Waals surface area contributed by atoms with Gasteiger partial charge >= 0.3 is 7.48 Å². The Morgan fingerprint density at radius 1 is 1.42 bits per heavy atom. The van der Waals surface area contributed by atoms with Crippen molar-refractivity contribution in [1.82, 2.24) is 4.98 Å². The van der Waals surface area contributed by atoms with Crippen molar-refractivity contribution in [2.45, 2.75) is 0 Å². The van der Waals surface area contributed by atoms with Crippen LogP contribution in [0.1, 0.15) is 0 Å². The number of pyridine rings is 1. The van der Waals surface area contributed by atoms with Gasteiger partial charge in [0.05, 0.1) is 6.26 Å². The lowest BCUT2D eigenvalue weighted by atomic mass is 9.90. The number of hydrogen-bond acceptors (Lipinski definition) is 4. The molecule has 0 radical (unpaired) electrons. The van der Waals surface area contributed by atoms with Gasteiger partial charge in [0, 0.05) is 12.4 Å². The van der Waals surface area contributed by atoms with Crippen LogP contribution < -0.4 is 5.46 Å². The molecule has 1 aromatic rings. The first-order chi connectivity index (χ1) is 5.58. The Bertz CT molecular complexity index is 337. The molecule has 64 valence electrons. The van der Waals surface area contributed by atoms with E-state index in [9.17, 15) is 8.42 Å². The van der Waals surface area contributed by atoms with E-state index in [1.54, 1.807) is 24.5 Å².